The number of nitrogens with zero attached hydrogens (tertiary/aromatic N) is 3. The van der Waals surface area contributed by atoms with Crippen LogP contribution >= 0.6 is 0 Å². The number of nitriles is 1. The number of pyridine rings is 1. The number of fused-ring (bicyclic) bond motifs is 2. The molecule has 100 valence electrons. The van der Waals surface area contributed by atoms with Gasteiger partial charge in [-0.15, -0.1) is 0 Å². The van der Waals surface area contributed by atoms with Crippen molar-refractivity contribution in [3.05, 3.63) is 29.6 Å². The lowest BCUT2D eigenvalue weighted by Gasteiger charge is -2.27. The summed E-state index contributed by atoms with van der Waals surface area (Å²) in [5.74, 6) is 2.86. The molecule has 0 saturated heterocycles. The fourth-order valence-electron chi connectivity index (χ4n) is 4.02. The molecule has 1 aromatic heterocycles. The van der Waals surface area contributed by atoms with Crippen molar-refractivity contribution in [2.24, 2.45) is 17.8 Å². The van der Waals surface area contributed by atoms with E-state index in [4.69, 9.17) is 5.26 Å². The Kier molecular flexibility index (Phi) is 3.52. The van der Waals surface area contributed by atoms with Crippen LogP contribution in [0.4, 0.5) is 0 Å². The highest BCUT2D eigenvalue weighted by atomic mass is 15.1. The highest BCUT2D eigenvalue weighted by Gasteiger charge is 2.39. The summed E-state index contributed by atoms with van der Waals surface area (Å²) < 4.78 is 0. The first-order valence-electron chi connectivity index (χ1n) is 7.29. The van der Waals surface area contributed by atoms with Crippen molar-refractivity contribution in [1.29, 1.82) is 5.26 Å². The summed E-state index contributed by atoms with van der Waals surface area (Å²) in [5.41, 5.74) is 1.62. The maximum Gasteiger partial charge on any atom is 0.144 e. The quantitative estimate of drug-likeness (QED) is 0.830. The molecule has 3 heteroatoms. The molecule has 2 saturated carbocycles. The molecule has 3 atom stereocenters. The van der Waals surface area contributed by atoms with Crippen LogP contribution in [0.1, 0.15) is 36.9 Å². The second-order valence-corrected chi connectivity index (χ2v) is 6.25. The summed E-state index contributed by atoms with van der Waals surface area (Å²) in [6, 6.07) is 6.12. The normalized spacial score (nSPS) is 28.8. The monoisotopic (exact) mass is 255 g/mol. The zero-order valence-electron chi connectivity index (χ0n) is 11.5. The Morgan fingerprint density at radius 1 is 1.42 bits per heavy atom. The van der Waals surface area contributed by atoms with Gasteiger partial charge in [-0.05, 0) is 50.1 Å². The van der Waals surface area contributed by atoms with Gasteiger partial charge in [-0.25, -0.2) is 4.98 Å². The second-order valence-electron chi connectivity index (χ2n) is 6.25. The van der Waals surface area contributed by atoms with E-state index >= 15 is 0 Å². The smallest absolute Gasteiger partial charge is 0.144 e. The molecule has 1 aromatic rings. The molecule has 19 heavy (non-hydrogen) atoms. The van der Waals surface area contributed by atoms with Crippen molar-refractivity contribution >= 4 is 0 Å². The fraction of sp³-hybridized carbons (Fsp3) is 0.625. The lowest BCUT2D eigenvalue weighted by molar-refractivity contribution is 0.214. The maximum absolute atomic E-state index is 9.07. The first-order valence-corrected chi connectivity index (χ1v) is 7.29. The Hall–Kier alpha value is -1.40. The molecule has 3 nitrogen and oxygen atoms in total. The molecule has 2 fully saturated rings. The van der Waals surface area contributed by atoms with Crippen LogP contribution < -0.4 is 0 Å². The van der Waals surface area contributed by atoms with Crippen molar-refractivity contribution in [1.82, 2.24) is 9.88 Å². The van der Waals surface area contributed by atoms with Gasteiger partial charge in [-0.2, -0.15) is 5.26 Å². The van der Waals surface area contributed by atoms with E-state index in [9.17, 15) is 0 Å². The van der Waals surface area contributed by atoms with Gasteiger partial charge in [-0.3, -0.25) is 0 Å². The van der Waals surface area contributed by atoms with Crippen LogP contribution in [0, 0.1) is 29.1 Å². The Morgan fingerprint density at radius 2 is 2.32 bits per heavy atom. The number of hydrogen-bond acceptors (Lipinski definition) is 3. The minimum absolute atomic E-state index is 0.572. The van der Waals surface area contributed by atoms with Crippen LogP contribution in [0.25, 0.3) is 0 Å². The summed E-state index contributed by atoms with van der Waals surface area (Å²) in [6.07, 6.45) is 7.49. The summed E-state index contributed by atoms with van der Waals surface area (Å²) >= 11 is 0. The molecule has 2 bridgehead atoms. The molecule has 1 heterocycles. The average Bonchev–Trinajstić information content (AvgIpc) is 3.01. The Labute approximate surface area is 115 Å². The van der Waals surface area contributed by atoms with Crippen LogP contribution in [-0.4, -0.2) is 23.5 Å². The van der Waals surface area contributed by atoms with Crippen molar-refractivity contribution in [2.75, 3.05) is 13.6 Å². The predicted molar refractivity (Wildman–Crippen MR) is 74.2 cm³/mol. The summed E-state index contributed by atoms with van der Waals surface area (Å²) in [6.45, 7) is 2.01. The number of aromatic nitrogens is 1. The molecule has 0 amide bonds. The second kappa shape index (κ2) is 5.30. The van der Waals surface area contributed by atoms with E-state index in [1.165, 1.54) is 32.2 Å². The largest absolute Gasteiger partial charge is 0.302 e. The molecular weight excluding hydrogens is 234 g/mol. The van der Waals surface area contributed by atoms with Gasteiger partial charge < -0.3 is 4.90 Å². The lowest BCUT2D eigenvalue weighted by atomic mass is 9.88. The minimum atomic E-state index is 0.572. The average molecular weight is 255 g/mol. The van der Waals surface area contributed by atoms with Gasteiger partial charge in [0.25, 0.3) is 0 Å². The Morgan fingerprint density at radius 3 is 3.00 bits per heavy atom. The highest BCUT2D eigenvalue weighted by molar-refractivity contribution is 5.30. The van der Waals surface area contributed by atoms with E-state index in [0.717, 1.165) is 29.9 Å². The number of hydrogen-bond donors (Lipinski definition) is 0. The van der Waals surface area contributed by atoms with Gasteiger partial charge in [-0.1, -0.05) is 12.5 Å². The van der Waals surface area contributed by atoms with Crippen molar-refractivity contribution < 1.29 is 0 Å². The fourth-order valence-corrected chi connectivity index (χ4v) is 4.02. The van der Waals surface area contributed by atoms with Crippen LogP contribution in [0.15, 0.2) is 18.3 Å². The van der Waals surface area contributed by atoms with E-state index < -0.39 is 0 Å². The van der Waals surface area contributed by atoms with Crippen LogP contribution in [0.2, 0.25) is 0 Å². The topological polar surface area (TPSA) is 39.9 Å². The van der Waals surface area contributed by atoms with Crippen LogP contribution in [-0.2, 0) is 6.54 Å². The van der Waals surface area contributed by atoms with E-state index in [-0.39, 0.29) is 0 Å². The standard InChI is InChI=1S/C16H21N3/c1-19(10-14-3-2-6-18-16(14)9-17)11-15-8-12-4-5-13(15)7-12/h2-3,6,12-13,15H,4-5,7-8,10-11H2,1H3. The molecule has 0 N–H and O–H groups in total. The Bertz CT molecular complexity index is 491. The van der Waals surface area contributed by atoms with Crippen molar-refractivity contribution in [2.45, 2.75) is 32.2 Å². The molecule has 0 aromatic carbocycles. The van der Waals surface area contributed by atoms with E-state index in [0.29, 0.717) is 5.69 Å². The van der Waals surface area contributed by atoms with E-state index in [1.807, 2.05) is 12.1 Å². The SMILES string of the molecule is CN(Cc1cccnc1C#N)CC1CC2CCC1C2. The lowest BCUT2D eigenvalue weighted by Crippen LogP contribution is -2.28. The zero-order valence-corrected chi connectivity index (χ0v) is 11.5. The van der Waals surface area contributed by atoms with Crippen LogP contribution in [0.5, 0.6) is 0 Å². The zero-order chi connectivity index (χ0) is 13.2. The molecular formula is C16H21N3. The summed E-state index contributed by atoms with van der Waals surface area (Å²) in [4.78, 5) is 6.50. The predicted octanol–water partition coefficient (Wildman–Crippen LogP) is 2.82. The van der Waals surface area contributed by atoms with Crippen LogP contribution in [0.3, 0.4) is 0 Å². The third kappa shape index (κ3) is 2.64. The van der Waals surface area contributed by atoms with Gasteiger partial charge in [0, 0.05) is 24.8 Å². The first kappa shape index (κ1) is 12.6. The highest BCUT2D eigenvalue weighted by Crippen LogP contribution is 2.48. The number of rotatable bonds is 4. The molecule has 0 spiro atoms. The van der Waals surface area contributed by atoms with Gasteiger partial charge in [0.1, 0.15) is 11.8 Å². The third-order valence-corrected chi connectivity index (χ3v) is 4.87. The van der Waals surface area contributed by atoms with E-state index in [2.05, 4.69) is 23.0 Å². The van der Waals surface area contributed by atoms with Crippen molar-refractivity contribution in [3.8, 4) is 6.07 Å². The molecule has 0 aliphatic heterocycles. The third-order valence-electron chi connectivity index (χ3n) is 4.87. The molecule has 2 aliphatic rings. The van der Waals surface area contributed by atoms with Gasteiger partial charge >= 0.3 is 0 Å². The van der Waals surface area contributed by atoms with Crippen molar-refractivity contribution in [3.63, 3.8) is 0 Å². The minimum Gasteiger partial charge on any atom is -0.302 e. The van der Waals surface area contributed by atoms with Gasteiger partial charge in [0.2, 0.25) is 0 Å². The van der Waals surface area contributed by atoms with E-state index in [1.54, 1.807) is 6.20 Å². The molecule has 3 rings (SSSR count). The summed E-state index contributed by atoms with van der Waals surface area (Å²) in [7, 11) is 2.17. The molecule has 3 unspecified atom stereocenters. The first-order chi connectivity index (χ1) is 9.26. The summed E-state index contributed by atoms with van der Waals surface area (Å²) in [5, 5.41) is 9.07. The molecule has 0 radical (unpaired) electrons. The Balaban J connectivity index is 1.59. The molecule has 2 aliphatic carbocycles. The maximum atomic E-state index is 9.07. The van der Waals surface area contributed by atoms with Gasteiger partial charge in [0.15, 0.2) is 0 Å². The van der Waals surface area contributed by atoms with Gasteiger partial charge in [0.05, 0.1) is 0 Å².